The first-order chi connectivity index (χ1) is 14.6. The van der Waals surface area contributed by atoms with Crippen LogP contribution < -0.4 is 19.9 Å². The molecule has 4 N–H and O–H groups in total. The van der Waals surface area contributed by atoms with Gasteiger partial charge in [-0.1, -0.05) is 19.9 Å². The third-order valence-corrected chi connectivity index (χ3v) is 6.75. The van der Waals surface area contributed by atoms with Crippen molar-refractivity contribution < 1.29 is 27.7 Å². The highest BCUT2D eigenvalue weighted by Crippen LogP contribution is 2.31. The largest absolute Gasteiger partial charge is 0.493 e. The van der Waals surface area contributed by atoms with Gasteiger partial charge < -0.3 is 25.1 Å². The van der Waals surface area contributed by atoms with Crippen LogP contribution in [0.2, 0.25) is 0 Å². The van der Waals surface area contributed by atoms with Crippen molar-refractivity contribution in [2.75, 3.05) is 39.7 Å². The van der Waals surface area contributed by atoms with E-state index in [2.05, 4.69) is 18.6 Å². The summed E-state index contributed by atoms with van der Waals surface area (Å²) in [5, 5.41) is 10.3. The van der Waals surface area contributed by atoms with Crippen molar-refractivity contribution in [1.29, 1.82) is 0 Å². The number of aliphatic hydroxyl groups is 1. The molecular formula is C22H41ClN2O6S. The molecule has 0 heterocycles. The van der Waals surface area contributed by atoms with E-state index in [9.17, 15) is 13.5 Å². The summed E-state index contributed by atoms with van der Waals surface area (Å²) < 4.78 is 41.9. The van der Waals surface area contributed by atoms with E-state index < -0.39 is 22.2 Å². The highest BCUT2D eigenvalue weighted by Gasteiger charge is 2.24. The van der Waals surface area contributed by atoms with Crippen LogP contribution in [0.15, 0.2) is 18.2 Å². The molecular weight excluding hydrogens is 456 g/mol. The number of hydrogen-bond donors (Lipinski definition) is 3. The van der Waals surface area contributed by atoms with Crippen molar-refractivity contribution in [1.82, 2.24) is 4.72 Å². The standard InChI is InChI=1S/C22H40N2O6S.ClH/c1-6-31(26,27)24-15-20(25)19(23)14-18(16(2)3)12-17-8-9-21(29-5)22(13-17)30-11-7-10-28-4;/h8-9,13,16,18-20,24-25H,6-7,10-12,14-15,23H2,1-5H3;1H/t18-,19-,20-;/m0./s1. The minimum atomic E-state index is -3.36. The van der Waals surface area contributed by atoms with Crippen LogP contribution in [0.25, 0.3) is 0 Å². The minimum Gasteiger partial charge on any atom is -0.493 e. The van der Waals surface area contributed by atoms with E-state index in [1.807, 2.05) is 18.2 Å². The molecule has 0 aliphatic carbocycles. The Morgan fingerprint density at radius 3 is 2.41 bits per heavy atom. The van der Waals surface area contributed by atoms with Crippen LogP contribution in [0, 0.1) is 11.8 Å². The van der Waals surface area contributed by atoms with Gasteiger partial charge in [-0.2, -0.15) is 0 Å². The van der Waals surface area contributed by atoms with E-state index in [0.29, 0.717) is 37.1 Å². The summed E-state index contributed by atoms with van der Waals surface area (Å²) in [5.41, 5.74) is 7.30. The predicted molar refractivity (Wildman–Crippen MR) is 130 cm³/mol. The molecule has 0 saturated carbocycles. The van der Waals surface area contributed by atoms with Crippen LogP contribution in [0.5, 0.6) is 11.5 Å². The third-order valence-electron chi connectivity index (χ3n) is 5.38. The lowest BCUT2D eigenvalue weighted by Crippen LogP contribution is -2.45. The monoisotopic (exact) mass is 496 g/mol. The van der Waals surface area contributed by atoms with Gasteiger partial charge in [0.05, 0.1) is 25.6 Å². The van der Waals surface area contributed by atoms with Crippen LogP contribution in [0.3, 0.4) is 0 Å². The maximum atomic E-state index is 11.6. The van der Waals surface area contributed by atoms with Crippen molar-refractivity contribution in [3.8, 4) is 11.5 Å². The second-order valence-electron chi connectivity index (χ2n) is 8.11. The molecule has 1 aromatic rings. The topological polar surface area (TPSA) is 120 Å². The predicted octanol–water partition coefficient (Wildman–Crippen LogP) is 2.36. The molecule has 10 heteroatoms. The fourth-order valence-electron chi connectivity index (χ4n) is 3.21. The number of nitrogens with two attached hydrogens (primary N) is 1. The Morgan fingerprint density at radius 1 is 1.16 bits per heavy atom. The smallest absolute Gasteiger partial charge is 0.211 e. The molecule has 0 radical (unpaired) electrons. The number of ether oxygens (including phenoxy) is 3. The number of methoxy groups -OCH3 is 2. The lowest BCUT2D eigenvalue weighted by Gasteiger charge is -2.27. The normalized spacial score (nSPS) is 14.5. The Bertz CT molecular complexity index is 748. The fraction of sp³-hybridized carbons (Fsp3) is 0.727. The fourth-order valence-corrected chi connectivity index (χ4v) is 3.84. The molecule has 0 unspecified atom stereocenters. The number of halogens is 1. The van der Waals surface area contributed by atoms with Gasteiger partial charge >= 0.3 is 0 Å². The van der Waals surface area contributed by atoms with Gasteiger partial charge in [0.15, 0.2) is 11.5 Å². The zero-order valence-corrected chi connectivity index (χ0v) is 21.5. The van der Waals surface area contributed by atoms with E-state index >= 15 is 0 Å². The SMILES string of the molecule is CCS(=O)(=O)NC[C@H](O)[C@@H](N)C[C@H](Cc1ccc(OC)c(OCCCOC)c1)C(C)C.Cl. The first-order valence-electron chi connectivity index (χ1n) is 10.8. The van der Waals surface area contributed by atoms with Crippen LogP contribution >= 0.6 is 12.4 Å². The van der Waals surface area contributed by atoms with Gasteiger partial charge in [0, 0.05) is 32.7 Å². The summed E-state index contributed by atoms with van der Waals surface area (Å²) in [5.74, 6) is 1.88. The molecule has 32 heavy (non-hydrogen) atoms. The van der Waals surface area contributed by atoms with Gasteiger partial charge in [-0.3, -0.25) is 0 Å². The average Bonchev–Trinajstić information content (AvgIpc) is 2.74. The highest BCUT2D eigenvalue weighted by atomic mass is 35.5. The Labute approximate surface area is 199 Å². The Hall–Kier alpha value is -1.10. The van der Waals surface area contributed by atoms with Crippen molar-refractivity contribution in [3.63, 3.8) is 0 Å². The van der Waals surface area contributed by atoms with Crippen LogP contribution in [-0.4, -0.2) is 65.4 Å². The molecule has 3 atom stereocenters. The number of aliphatic hydroxyl groups excluding tert-OH is 1. The van der Waals surface area contributed by atoms with Crippen molar-refractivity contribution in [2.45, 2.75) is 52.2 Å². The molecule has 0 fully saturated rings. The van der Waals surface area contributed by atoms with Crippen LogP contribution in [-0.2, 0) is 21.2 Å². The number of rotatable bonds is 16. The molecule has 1 aromatic carbocycles. The number of benzene rings is 1. The van der Waals surface area contributed by atoms with E-state index in [1.165, 1.54) is 0 Å². The van der Waals surface area contributed by atoms with Gasteiger partial charge in [-0.25, -0.2) is 13.1 Å². The summed E-state index contributed by atoms with van der Waals surface area (Å²) in [4.78, 5) is 0. The lowest BCUT2D eigenvalue weighted by atomic mass is 9.83. The maximum Gasteiger partial charge on any atom is 0.211 e. The van der Waals surface area contributed by atoms with E-state index in [0.717, 1.165) is 18.4 Å². The number of sulfonamides is 1. The van der Waals surface area contributed by atoms with E-state index in [-0.39, 0.29) is 30.6 Å². The van der Waals surface area contributed by atoms with Gasteiger partial charge in [-0.15, -0.1) is 12.4 Å². The molecule has 8 nitrogen and oxygen atoms in total. The summed E-state index contributed by atoms with van der Waals surface area (Å²) in [6, 6.07) is 5.36. The number of nitrogens with one attached hydrogen (secondary N) is 1. The Kier molecular flexibility index (Phi) is 15.1. The van der Waals surface area contributed by atoms with Gasteiger partial charge in [0.25, 0.3) is 0 Å². The summed E-state index contributed by atoms with van der Waals surface area (Å²) in [6.07, 6.45) is 1.17. The maximum absolute atomic E-state index is 11.6. The highest BCUT2D eigenvalue weighted by molar-refractivity contribution is 7.89. The quantitative estimate of drug-likeness (QED) is 0.300. The van der Waals surface area contributed by atoms with Gasteiger partial charge in [0.2, 0.25) is 10.0 Å². The summed E-state index contributed by atoms with van der Waals surface area (Å²) in [6.45, 7) is 6.88. The summed E-state index contributed by atoms with van der Waals surface area (Å²) in [7, 11) is -0.0909. The zero-order chi connectivity index (χ0) is 23.4. The molecule has 0 amide bonds. The molecule has 0 aromatic heterocycles. The van der Waals surface area contributed by atoms with Crippen molar-refractivity contribution >= 4 is 22.4 Å². The molecule has 1 rings (SSSR count). The van der Waals surface area contributed by atoms with Crippen LogP contribution in [0.4, 0.5) is 0 Å². The second-order valence-corrected chi connectivity index (χ2v) is 10.2. The minimum absolute atomic E-state index is 0. The molecule has 0 spiro atoms. The van der Waals surface area contributed by atoms with Gasteiger partial charge in [0.1, 0.15) is 0 Å². The van der Waals surface area contributed by atoms with Crippen molar-refractivity contribution in [2.24, 2.45) is 17.6 Å². The molecule has 0 aliphatic heterocycles. The molecule has 0 bridgehead atoms. The Morgan fingerprint density at radius 2 is 1.84 bits per heavy atom. The van der Waals surface area contributed by atoms with Crippen LogP contribution in [0.1, 0.15) is 39.2 Å². The van der Waals surface area contributed by atoms with E-state index in [4.69, 9.17) is 19.9 Å². The Balaban J connectivity index is 0.00000961. The first kappa shape index (κ1) is 30.9. The second kappa shape index (κ2) is 15.7. The molecule has 188 valence electrons. The lowest BCUT2D eigenvalue weighted by molar-refractivity contribution is 0.129. The zero-order valence-electron chi connectivity index (χ0n) is 19.9. The molecule has 0 saturated heterocycles. The number of hydrogen-bond acceptors (Lipinski definition) is 7. The summed E-state index contributed by atoms with van der Waals surface area (Å²) >= 11 is 0. The van der Waals surface area contributed by atoms with Crippen molar-refractivity contribution in [3.05, 3.63) is 23.8 Å². The third kappa shape index (κ3) is 11.2. The van der Waals surface area contributed by atoms with Gasteiger partial charge in [-0.05, 0) is 49.3 Å². The average molecular weight is 497 g/mol. The molecule has 0 aliphatic rings. The first-order valence-corrected chi connectivity index (χ1v) is 12.5. The van der Waals surface area contributed by atoms with E-state index in [1.54, 1.807) is 21.1 Å².